The van der Waals surface area contributed by atoms with E-state index in [0.717, 1.165) is 139 Å². The first kappa shape index (κ1) is 57.9. The van der Waals surface area contributed by atoms with Gasteiger partial charge in [-0.25, -0.2) is 28.3 Å². The van der Waals surface area contributed by atoms with Crippen LogP contribution in [0.3, 0.4) is 0 Å². The van der Waals surface area contributed by atoms with E-state index in [4.69, 9.17) is 0 Å². The Hall–Kier alpha value is -5.04. The van der Waals surface area contributed by atoms with Gasteiger partial charge in [-0.3, -0.25) is 20.2 Å². The van der Waals surface area contributed by atoms with E-state index in [1.165, 1.54) is 46.9 Å². The van der Waals surface area contributed by atoms with Gasteiger partial charge in [0.25, 0.3) is 0 Å². The number of hydrogen-bond acceptors (Lipinski definition) is 10. The lowest BCUT2D eigenvalue weighted by Gasteiger charge is -2.41. The Kier molecular flexibility index (Phi) is 23.8. The van der Waals surface area contributed by atoms with E-state index in [9.17, 15) is 28.0 Å². The lowest BCUT2D eigenvalue weighted by molar-refractivity contribution is -0.131. The molecule has 396 valence electrons. The highest BCUT2D eigenvalue weighted by Gasteiger charge is 2.36. The number of rotatable bonds is 22. The molecule has 6 rings (SSSR count). The first-order valence-corrected chi connectivity index (χ1v) is 27.7. The van der Waals surface area contributed by atoms with E-state index in [1.54, 1.807) is 23.6 Å². The van der Waals surface area contributed by atoms with Crippen molar-refractivity contribution in [3.63, 3.8) is 0 Å². The van der Waals surface area contributed by atoms with Gasteiger partial charge < -0.3 is 30.2 Å². The Labute approximate surface area is 435 Å². The van der Waals surface area contributed by atoms with Crippen LogP contribution >= 0.6 is 22.7 Å². The maximum absolute atomic E-state index is 13.2. The molecule has 6 amide bonds. The van der Waals surface area contributed by atoms with Crippen LogP contribution in [0.25, 0.3) is 0 Å². The highest BCUT2D eigenvalue weighted by atomic mass is 32.1. The summed E-state index contributed by atoms with van der Waals surface area (Å²) >= 11 is 2.82. The molecule has 6 atom stereocenters. The fourth-order valence-electron chi connectivity index (χ4n) is 10.1. The lowest BCUT2D eigenvalue weighted by Crippen LogP contribution is -2.53. The molecule has 18 heteroatoms. The third-order valence-electron chi connectivity index (χ3n) is 14.1. The number of hydrogen-bond donors (Lipinski definition) is 4. The molecule has 72 heavy (non-hydrogen) atoms. The molecule has 14 nitrogen and oxygen atoms in total. The van der Waals surface area contributed by atoms with E-state index in [0.29, 0.717) is 22.1 Å². The number of nitrogens with zero attached hydrogens (tertiary/aromatic N) is 6. The molecule has 2 heterocycles. The average molecular weight is 1040 g/mol. The van der Waals surface area contributed by atoms with Crippen molar-refractivity contribution >= 4 is 56.8 Å². The molecule has 2 aromatic carbocycles. The monoisotopic (exact) mass is 1030 g/mol. The average Bonchev–Trinajstić information content (AvgIpc) is 3.96. The zero-order valence-electron chi connectivity index (χ0n) is 43.9. The number of anilines is 2. The van der Waals surface area contributed by atoms with Gasteiger partial charge in [-0.05, 0) is 164 Å². The first-order valence-electron chi connectivity index (χ1n) is 25.9. The zero-order chi connectivity index (χ0) is 52.2. The number of aryl methyl sites for hydroxylation is 4. The van der Waals surface area contributed by atoms with Crippen LogP contribution in [0.15, 0.2) is 59.3 Å². The van der Waals surface area contributed by atoms with Crippen LogP contribution in [-0.2, 0) is 22.4 Å². The summed E-state index contributed by atoms with van der Waals surface area (Å²) in [6.45, 7) is 17.1. The third-order valence-corrected chi connectivity index (χ3v) is 15.9. The van der Waals surface area contributed by atoms with Gasteiger partial charge in [-0.2, -0.15) is 0 Å². The van der Waals surface area contributed by atoms with Gasteiger partial charge in [0.2, 0.25) is 11.8 Å². The smallest absolute Gasteiger partial charge is 0.321 e. The quantitative estimate of drug-likeness (QED) is 0.0607. The summed E-state index contributed by atoms with van der Waals surface area (Å²) in [5, 5.41) is 17.1. The minimum atomic E-state index is -0.246. The maximum atomic E-state index is 13.2. The Balaban J connectivity index is 0.000000267. The van der Waals surface area contributed by atoms with Crippen molar-refractivity contribution in [3.05, 3.63) is 93.4 Å². The van der Waals surface area contributed by atoms with Crippen molar-refractivity contribution in [2.45, 2.75) is 143 Å². The number of benzene rings is 2. The number of thiazole rings is 2. The van der Waals surface area contributed by atoms with Gasteiger partial charge in [0, 0.05) is 76.0 Å². The van der Waals surface area contributed by atoms with Gasteiger partial charge in [0.15, 0.2) is 10.3 Å². The molecule has 0 aliphatic heterocycles. The Morgan fingerprint density at radius 3 is 1.29 bits per heavy atom. The summed E-state index contributed by atoms with van der Waals surface area (Å²) in [6, 6.07) is 13.2. The minimum Gasteiger partial charge on any atom is -0.343 e. The fraction of sp³-hybridized carbons (Fsp3) is 0.593. The van der Waals surface area contributed by atoms with E-state index < -0.39 is 0 Å². The molecular weight excluding hydrogens is 955 g/mol. The predicted molar refractivity (Wildman–Crippen MR) is 288 cm³/mol. The van der Waals surface area contributed by atoms with Crippen molar-refractivity contribution in [1.82, 2.24) is 40.2 Å². The van der Waals surface area contributed by atoms with Crippen LogP contribution in [-0.4, -0.2) is 131 Å². The second-order valence-electron chi connectivity index (χ2n) is 19.8. The van der Waals surface area contributed by atoms with Gasteiger partial charge in [-0.15, -0.1) is 22.7 Å². The van der Waals surface area contributed by atoms with E-state index >= 15 is 0 Å². The molecule has 2 aromatic heterocycles. The van der Waals surface area contributed by atoms with E-state index in [1.807, 2.05) is 63.0 Å². The van der Waals surface area contributed by atoms with E-state index in [-0.39, 0.29) is 59.7 Å². The standard InChI is InChI=1S/2C27H40FN5O2S/c2*1-5-14-33(15-6-7-21-8-11-23(28)12-9-21)17-22-10-13-24(32(4)20(3)34)16-25(22)30-26(35)31-27-29-19(2)18-36-27/h2*8-9,11-12,18,22,24-25H,5-7,10,13-17H2,1-4H3,(H2,29,30,31,35)/t22-,24+,25+;22-,24-,25+/m00/s1. The molecule has 0 unspecified atom stereocenters. The SMILES string of the molecule is CCCN(CCCc1ccc(F)cc1)C[C@@H]1CC[C@@H](N(C)C(C)=O)C[C@H]1NC(=O)Nc1nc(C)cs1.CCCN(CCCc1ccc(F)cc1)C[C@@H]1CC[C@H](N(C)C(C)=O)C[C@H]1NC(=O)Nc1nc(C)cs1. The number of urea groups is 2. The Morgan fingerprint density at radius 2 is 0.972 bits per heavy atom. The molecule has 0 saturated heterocycles. The maximum Gasteiger partial charge on any atom is 0.321 e. The minimum absolute atomic E-state index is 0.0388. The number of carbonyl (C=O) groups excluding carboxylic acids is 4. The summed E-state index contributed by atoms with van der Waals surface area (Å²) in [5.74, 6) is 0.280. The summed E-state index contributed by atoms with van der Waals surface area (Å²) < 4.78 is 26.4. The number of nitrogens with one attached hydrogen (secondary N) is 4. The molecule has 4 N–H and O–H groups in total. The molecular formula is C54H80F2N10O4S2. The van der Waals surface area contributed by atoms with Crippen molar-refractivity contribution in [3.8, 4) is 0 Å². The lowest BCUT2D eigenvalue weighted by atomic mass is 9.80. The largest absolute Gasteiger partial charge is 0.343 e. The second kappa shape index (κ2) is 29.6. The zero-order valence-corrected chi connectivity index (χ0v) is 45.5. The van der Waals surface area contributed by atoms with Crippen LogP contribution in [0.4, 0.5) is 28.6 Å². The van der Waals surface area contributed by atoms with Gasteiger partial charge in [0.1, 0.15) is 11.6 Å². The van der Waals surface area contributed by atoms with Crippen LogP contribution in [0.1, 0.15) is 114 Å². The van der Waals surface area contributed by atoms with Gasteiger partial charge in [0.05, 0.1) is 11.4 Å². The second-order valence-corrected chi connectivity index (χ2v) is 21.5. The van der Waals surface area contributed by atoms with Crippen molar-refractivity contribution < 1.29 is 28.0 Å². The van der Waals surface area contributed by atoms with Gasteiger partial charge in [-0.1, -0.05) is 38.1 Å². The third kappa shape index (κ3) is 19.4. The molecule has 0 radical (unpaired) electrons. The normalized spacial score (nSPS) is 19.8. The van der Waals surface area contributed by atoms with E-state index in [2.05, 4.69) is 54.9 Å². The van der Waals surface area contributed by atoms with Crippen LogP contribution < -0.4 is 21.3 Å². The molecule has 2 saturated carbocycles. The van der Waals surface area contributed by atoms with Gasteiger partial charge >= 0.3 is 12.1 Å². The van der Waals surface area contributed by atoms with Crippen molar-refractivity contribution in [2.75, 3.05) is 64.0 Å². The number of carbonyl (C=O) groups is 4. The molecule has 0 bridgehead atoms. The fourth-order valence-corrected chi connectivity index (χ4v) is 11.4. The summed E-state index contributed by atoms with van der Waals surface area (Å²) in [4.78, 5) is 66.9. The molecule has 4 aromatic rings. The number of halogens is 2. The van der Waals surface area contributed by atoms with Crippen LogP contribution in [0.2, 0.25) is 0 Å². The number of aromatic nitrogens is 2. The topological polar surface area (TPSA) is 155 Å². The number of amides is 6. The van der Waals surface area contributed by atoms with Crippen molar-refractivity contribution in [1.29, 1.82) is 0 Å². The predicted octanol–water partition coefficient (Wildman–Crippen LogP) is 10.1. The highest BCUT2D eigenvalue weighted by molar-refractivity contribution is 7.14. The highest BCUT2D eigenvalue weighted by Crippen LogP contribution is 2.31. The molecule has 2 aliphatic rings. The molecule has 2 fully saturated rings. The summed E-state index contributed by atoms with van der Waals surface area (Å²) in [6.07, 6.45) is 11.2. The Morgan fingerprint density at radius 1 is 0.597 bits per heavy atom. The first-order chi connectivity index (χ1) is 34.5. The Bertz CT molecular complexity index is 2120. The van der Waals surface area contributed by atoms with Crippen molar-refractivity contribution in [2.24, 2.45) is 11.8 Å². The summed E-state index contributed by atoms with van der Waals surface area (Å²) in [7, 11) is 3.70. The van der Waals surface area contributed by atoms with Crippen LogP contribution in [0, 0.1) is 37.3 Å². The molecule has 0 spiro atoms. The molecule has 2 aliphatic carbocycles. The van der Waals surface area contributed by atoms with Crippen LogP contribution in [0.5, 0.6) is 0 Å². The summed E-state index contributed by atoms with van der Waals surface area (Å²) in [5.41, 5.74) is 4.05.